The van der Waals surface area contributed by atoms with Crippen molar-refractivity contribution in [1.29, 1.82) is 0 Å². The molecule has 2 unspecified atom stereocenters. The zero-order valence-electron chi connectivity index (χ0n) is 19.4. The summed E-state index contributed by atoms with van der Waals surface area (Å²) in [7, 11) is 7.04. The predicted molar refractivity (Wildman–Crippen MR) is 122 cm³/mol. The first-order valence-corrected chi connectivity index (χ1v) is 11.1. The van der Waals surface area contributed by atoms with Crippen molar-refractivity contribution in [3.8, 4) is 5.75 Å². The maximum atomic E-state index is 13.8. The Morgan fingerprint density at radius 3 is 2.47 bits per heavy atom. The summed E-state index contributed by atoms with van der Waals surface area (Å²) < 4.78 is 0. The van der Waals surface area contributed by atoms with Gasteiger partial charge >= 0.3 is 0 Å². The second-order valence-electron chi connectivity index (χ2n) is 10.1. The summed E-state index contributed by atoms with van der Waals surface area (Å²) in [6, 6.07) is 2.32. The number of likely N-dealkylation sites (N-methyl/N-ethyl adjacent to an activating group) is 1. The standard InChI is InChI=1S/C23H29N5O6/c1-27(2)12-5-6-13(29)14-10(12)7-9-8-11-17(28(3)4)19(31)15(21(24)32)20-22(11,33)23(34,26-25-20)16(9)18(14)30/h5-6,9,11,16-17,26,29,31,33-34H,7-8H2,1-4H3,(H2,24,32)/t9?,11?,16-,17-,22+,23+/m0/s1. The molecule has 11 heteroatoms. The SMILES string of the molecule is CN(C)c1ccc(O)c2c1CC1CC3[C@H](N(C)C)C(O)=C(C(N)=O)C4=NN[C@@](O)([C@@H]1C2=O)[C@]43O. The van der Waals surface area contributed by atoms with Crippen molar-refractivity contribution in [2.24, 2.45) is 28.6 Å². The average molecular weight is 472 g/mol. The van der Waals surface area contributed by atoms with E-state index >= 15 is 0 Å². The van der Waals surface area contributed by atoms with Crippen LogP contribution < -0.4 is 16.1 Å². The van der Waals surface area contributed by atoms with E-state index in [-0.39, 0.29) is 34.8 Å². The number of aromatic hydroxyl groups is 1. The van der Waals surface area contributed by atoms with E-state index in [9.17, 15) is 30.0 Å². The number of anilines is 1. The normalized spacial score (nSPS) is 35.9. The van der Waals surface area contributed by atoms with Crippen molar-refractivity contribution in [3.05, 3.63) is 34.6 Å². The number of aliphatic hydroxyl groups excluding tert-OH is 1. The highest BCUT2D eigenvalue weighted by molar-refractivity contribution is 6.26. The molecule has 11 nitrogen and oxygen atoms in total. The second kappa shape index (κ2) is 6.94. The number of primary amides is 1. The summed E-state index contributed by atoms with van der Waals surface area (Å²) in [6.07, 6.45) is 0.601. The molecule has 1 saturated carbocycles. The first-order chi connectivity index (χ1) is 15.9. The van der Waals surface area contributed by atoms with E-state index < -0.39 is 46.8 Å². The van der Waals surface area contributed by atoms with Gasteiger partial charge in [-0.05, 0) is 50.6 Å². The van der Waals surface area contributed by atoms with Gasteiger partial charge in [0.25, 0.3) is 5.91 Å². The molecule has 1 amide bonds. The molecule has 1 aromatic carbocycles. The largest absolute Gasteiger partial charge is 0.510 e. The van der Waals surface area contributed by atoms with Crippen molar-refractivity contribution in [3.63, 3.8) is 0 Å². The van der Waals surface area contributed by atoms with E-state index in [1.165, 1.54) is 6.07 Å². The first kappa shape index (κ1) is 22.6. The molecule has 0 bridgehead atoms. The maximum absolute atomic E-state index is 13.8. The van der Waals surface area contributed by atoms with Crippen LogP contribution in [0.5, 0.6) is 5.75 Å². The number of fused-ring (bicyclic) bond motifs is 3. The minimum absolute atomic E-state index is 0.103. The smallest absolute Gasteiger partial charge is 0.254 e. The summed E-state index contributed by atoms with van der Waals surface area (Å²) in [5.41, 5.74) is 4.51. The van der Waals surface area contributed by atoms with Crippen LogP contribution in [0.2, 0.25) is 0 Å². The summed E-state index contributed by atoms with van der Waals surface area (Å²) in [4.78, 5) is 29.6. The van der Waals surface area contributed by atoms with Crippen LogP contribution in [-0.4, -0.2) is 88.3 Å². The fourth-order valence-corrected chi connectivity index (χ4v) is 6.69. The van der Waals surface area contributed by atoms with Crippen LogP contribution in [-0.2, 0) is 11.2 Å². The van der Waals surface area contributed by atoms with Gasteiger partial charge < -0.3 is 31.1 Å². The summed E-state index contributed by atoms with van der Waals surface area (Å²) >= 11 is 0. The van der Waals surface area contributed by atoms with E-state index in [1.807, 2.05) is 19.0 Å². The first-order valence-electron chi connectivity index (χ1n) is 11.1. The number of carbonyl (C=O) groups excluding carboxylic acids is 2. The summed E-state index contributed by atoms with van der Waals surface area (Å²) in [5, 5.41) is 49.7. The van der Waals surface area contributed by atoms with Gasteiger partial charge in [0.2, 0.25) is 0 Å². The molecule has 5 rings (SSSR count). The van der Waals surface area contributed by atoms with E-state index in [0.717, 1.165) is 5.69 Å². The Labute approximate surface area is 196 Å². The number of aliphatic hydroxyl groups is 3. The van der Waals surface area contributed by atoms with E-state index in [4.69, 9.17) is 5.73 Å². The van der Waals surface area contributed by atoms with Gasteiger partial charge in [-0.2, -0.15) is 5.10 Å². The number of benzene rings is 1. The van der Waals surface area contributed by atoms with Gasteiger partial charge in [0.05, 0.1) is 17.5 Å². The van der Waals surface area contributed by atoms with Crippen LogP contribution in [0.15, 0.2) is 28.6 Å². The number of phenolic OH excluding ortho intramolecular Hbond substituents is 1. The molecule has 182 valence electrons. The molecule has 0 saturated heterocycles. The molecule has 0 radical (unpaired) electrons. The zero-order valence-corrected chi connectivity index (χ0v) is 19.4. The third kappa shape index (κ3) is 2.49. The number of hydrogen-bond acceptors (Lipinski definition) is 10. The number of hydrogen-bond donors (Lipinski definition) is 6. The van der Waals surface area contributed by atoms with Crippen LogP contribution in [0.25, 0.3) is 0 Å². The second-order valence-corrected chi connectivity index (χ2v) is 10.1. The molecule has 4 aliphatic rings. The highest BCUT2D eigenvalue weighted by Gasteiger charge is 2.75. The van der Waals surface area contributed by atoms with Crippen molar-refractivity contribution in [2.75, 3.05) is 33.1 Å². The molecule has 3 aliphatic carbocycles. The minimum atomic E-state index is -2.28. The lowest BCUT2D eigenvalue weighted by atomic mass is 9.51. The number of nitrogens with two attached hydrogens (primary N) is 1. The number of Topliss-reactive ketones (excluding diaryl/α,β-unsaturated/α-hetero) is 1. The number of carbonyl (C=O) groups is 2. The fourth-order valence-electron chi connectivity index (χ4n) is 6.69. The van der Waals surface area contributed by atoms with E-state index in [2.05, 4.69) is 10.5 Å². The Hall–Kier alpha value is -3.15. The van der Waals surface area contributed by atoms with Gasteiger partial charge in [0.15, 0.2) is 17.1 Å². The lowest BCUT2D eigenvalue weighted by Gasteiger charge is -2.58. The van der Waals surface area contributed by atoms with Crippen molar-refractivity contribution in [2.45, 2.75) is 30.2 Å². The highest BCUT2D eigenvalue weighted by atomic mass is 16.4. The van der Waals surface area contributed by atoms with E-state index in [0.29, 0.717) is 12.0 Å². The minimum Gasteiger partial charge on any atom is -0.510 e. The predicted octanol–water partition coefficient (Wildman–Crippen LogP) is -0.931. The molecule has 7 N–H and O–H groups in total. The summed E-state index contributed by atoms with van der Waals surface area (Å²) in [6.45, 7) is 0. The molecular formula is C23H29N5O6. The molecule has 1 fully saturated rings. The van der Waals surface area contributed by atoms with Crippen LogP contribution >= 0.6 is 0 Å². The number of amides is 1. The van der Waals surface area contributed by atoms with Crippen LogP contribution in [0.3, 0.4) is 0 Å². The Morgan fingerprint density at radius 2 is 1.88 bits per heavy atom. The van der Waals surface area contributed by atoms with Crippen LogP contribution in [0.4, 0.5) is 5.69 Å². The van der Waals surface area contributed by atoms with Gasteiger partial charge in [-0.25, -0.2) is 0 Å². The summed E-state index contributed by atoms with van der Waals surface area (Å²) in [5.74, 6) is -4.47. The number of hydrazone groups is 1. The molecule has 1 aliphatic heterocycles. The van der Waals surface area contributed by atoms with Crippen LogP contribution in [0.1, 0.15) is 22.3 Å². The van der Waals surface area contributed by atoms with Crippen LogP contribution in [0, 0.1) is 17.8 Å². The van der Waals surface area contributed by atoms with Gasteiger partial charge in [-0.15, -0.1) is 0 Å². The topological polar surface area (TPSA) is 172 Å². The molecular weight excluding hydrogens is 442 g/mol. The maximum Gasteiger partial charge on any atom is 0.254 e. The van der Waals surface area contributed by atoms with Gasteiger partial charge in [-0.1, -0.05) is 0 Å². The number of nitrogens with zero attached hydrogens (tertiary/aromatic N) is 3. The molecule has 0 aromatic heterocycles. The Morgan fingerprint density at radius 1 is 1.21 bits per heavy atom. The number of phenols is 1. The van der Waals surface area contributed by atoms with Crippen molar-refractivity contribution < 1.29 is 30.0 Å². The molecule has 34 heavy (non-hydrogen) atoms. The molecule has 1 heterocycles. The number of ketones is 1. The average Bonchev–Trinajstić information content (AvgIpc) is 2.99. The molecule has 0 spiro atoms. The lowest BCUT2D eigenvalue weighted by molar-refractivity contribution is -0.215. The van der Waals surface area contributed by atoms with Crippen molar-refractivity contribution in [1.82, 2.24) is 10.3 Å². The Bertz CT molecular complexity index is 1190. The van der Waals surface area contributed by atoms with E-state index in [1.54, 1.807) is 25.1 Å². The van der Waals surface area contributed by atoms with Gasteiger partial charge in [0.1, 0.15) is 22.8 Å². The zero-order chi connectivity index (χ0) is 24.9. The number of rotatable bonds is 3. The van der Waals surface area contributed by atoms with Gasteiger partial charge in [0, 0.05) is 25.7 Å². The fraction of sp³-hybridized carbons (Fsp3) is 0.522. The third-order valence-electron chi connectivity index (χ3n) is 8.00. The molecule has 1 aromatic rings. The lowest BCUT2D eigenvalue weighted by Crippen LogP contribution is -2.77. The Kier molecular flexibility index (Phi) is 4.62. The van der Waals surface area contributed by atoms with Gasteiger partial charge in [-0.3, -0.25) is 19.9 Å². The Balaban J connectivity index is 1.73. The monoisotopic (exact) mass is 471 g/mol. The quantitative estimate of drug-likeness (QED) is 0.326. The van der Waals surface area contributed by atoms with Crippen molar-refractivity contribution >= 4 is 23.1 Å². The third-order valence-corrected chi connectivity index (χ3v) is 8.00. The highest BCUT2D eigenvalue weighted by Crippen LogP contribution is 2.58. The number of nitrogens with one attached hydrogen (secondary N) is 1. The molecule has 6 atom stereocenters.